The Morgan fingerprint density at radius 3 is 2.50 bits per heavy atom. The van der Waals surface area contributed by atoms with E-state index in [2.05, 4.69) is 17.5 Å². The number of nitrogens with one attached hydrogen (secondary N) is 1. The molecule has 0 aliphatic heterocycles. The fourth-order valence-electron chi connectivity index (χ4n) is 1.19. The predicted molar refractivity (Wildman–Crippen MR) is 64.6 cm³/mol. The van der Waals surface area contributed by atoms with Gasteiger partial charge in [0.1, 0.15) is 0 Å². The van der Waals surface area contributed by atoms with Crippen molar-refractivity contribution < 1.29 is 64.6 Å². The number of nitrogens with zero attached hydrogens (tertiary/aromatic N) is 1. The van der Waals surface area contributed by atoms with Crippen molar-refractivity contribution in [2.45, 2.75) is 12.2 Å². The largest absolute Gasteiger partial charge is 1.00 e. The summed E-state index contributed by atoms with van der Waals surface area (Å²) in [5.74, 6) is 0. The minimum Gasteiger partial charge on any atom is -0.701 e. The quantitative estimate of drug-likeness (QED) is 0.620. The molecule has 0 aromatic heterocycles. The van der Waals surface area contributed by atoms with Crippen LogP contribution >= 0.6 is 0 Å². The van der Waals surface area contributed by atoms with Gasteiger partial charge in [-0.05, 0) is 18.2 Å². The van der Waals surface area contributed by atoms with Gasteiger partial charge in [-0.25, -0.2) is 0 Å². The number of hydrogen-bond acceptors (Lipinski definition) is 1. The molecule has 7 heteroatoms. The number of rotatable bonds is 4. The molecule has 1 aromatic rings. The Balaban J connectivity index is 0. The minimum atomic E-state index is -4.34. The Kier molecular flexibility index (Phi) is 10.8. The summed E-state index contributed by atoms with van der Waals surface area (Å²) in [6.45, 7) is 3.88. The molecule has 0 heterocycles. The first-order chi connectivity index (χ1) is 7.43. The second-order valence-corrected chi connectivity index (χ2v) is 3.28. The Bertz CT molecular complexity index is 347. The third-order valence-corrected chi connectivity index (χ3v) is 1.89. The van der Waals surface area contributed by atoms with Crippen molar-refractivity contribution in [3.8, 4) is 0 Å². The zero-order valence-electron chi connectivity index (χ0n) is 10.5. The van der Waals surface area contributed by atoms with Gasteiger partial charge in [0.2, 0.25) is 0 Å². The molecule has 0 bridgehead atoms. The molecule has 1 unspecified atom stereocenters. The molecule has 0 spiro atoms. The van der Waals surface area contributed by atoms with Gasteiger partial charge < -0.3 is 24.9 Å². The zero-order valence-corrected chi connectivity index (χ0v) is 13.6. The van der Waals surface area contributed by atoms with Crippen molar-refractivity contribution in [3.05, 3.63) is 49.4 Å². The molecule has 1 N–H and O–H groups in total. The second-order valence-electron chi connectivity index (χ2n) is 3.28. The SMILES string of the molecule is [B][N-]CC([CH2-])Nc1cccc(C(F)(F)F)c1.[CH3-].[K+]. The summed E-state index contributed by atoms with van der Waals surface area (Å²) in [5.41, 5.74) is -0.354. The van der Waals surface area contributed by atoms with Crippen LogP contribution in [0.15, 0.2) is 24.3 Å². The van der Waals surface area contributed by atoms with Crippen molar-refractivity contribution in [2.24, 2.45) is 0 Å². The van der Waals surface area contributed by atoms with Crippen LogP contribution in [0.3, 0.4) is 0 Å². The van der Waals surface area contributed by atoms with Gasteiger partial charge in [0.05, 0.1) is 5.56 Å². The summed E-state index contributed by atoms with van der Waals surface area (Å²) in [6, 6.07) is 4.54. The van der Waals surface area contributed by atoms with Crippen LogP contribution in [0, 0.1) is 14.4 Å². The molecule has 2 radical (unpaired) electrons. The van der Waals surface area contributed by atoms with Gasteiger partial charge in [0.15, 0.2) is 0 Å². The van der Waals surface area contributed by atoms with Gasteiger partial charge in [-0.2, -0.15) is 19.7 Å². The van der Waals surface area contributed by atoms with E-state index in [0.29, 0.717) is 5.69 Å². The Hall–Kier alpha value is 0.471. The van der Waals surface area contributed by atoms with Crippen molar-refractivity contribution >= 4 is 13.7 Å². The van der Waals surface area contributed by atoms with Gasteiger partial charge in [-0.3, -0.25) is 0 Å². The molecule has 0 fully saturated rings. The smallest absolute Gasteiger partial charge is 0.701 e. The summed E-state index contributed by atoms with van der Waals surface area (Å²) < 4.78 is 37.1. The average Bonchev–Trinajstić information content (AvgIpc) is 2.17. The van der Waals surface area contributed by atoms with E-state index in [1.807, 2.05) is 0 Å². The van der Waals surface area contributed by atoms with Gasteiger partial charge >= 0.3 is 57.6 Å². The Morgan fingerprint density at radius 1 is 1.39 bits per heavy atom. The van der Waals surface area contributed by atoms with E-state index in [-0.39, 0.29) is 71.4 Å². The van der Waals surface area contributed by atoms with Crippen molar-refractivity contribution in [3.63, 3.8) is 0 Å². The summed E-state index contributed by atoms with van der Waals surface area (Å²) >= 11 is 0. The van der Waals surface area contributed by atoms with Gasteiger partial charge in [0.25, 0.3) is 0 Å². The van der Waals surface area contributed by atoms with Crippen molar-refractivity contribution in [1.82, 2.24) is 0 Å². The monoisotopic (exact) mass is 280 g/mol. The fraction of sp³-hybridized carbons (Fsp3) is 0.273. The third-order valence-electron chi connectivity index (χ3n) is 1.89. The molecule has 0 aliphatic carbocycles. The average molecular weight is 280 g/mol. The van der Waals surface area contributed by atoms with E-state index >= 15 is 0 Å². The molecule has 2 nitrogen and oxygen atoms in total. The van der Waals surface area contributed by atoms with Crippen LogP contribution in [0.1, 0.15) is 5.56 Å². The molecule has 0 amide bonds. The molecule has 94 valence electrons. The summed E-state index contributed by atoms with van der Waals surface area (Å²) in [5, 5.41) is 6.13. The first-order valence-corrected chi connectivity index (χ1v) is 4.57. The molecule has 1 rings (SSSR count). The Morgan fingerprint density at radius 2 is 2.00 bits per heavy atom. The van der Waals surface area contributed by atoms with Crippen molar-refractivity contribution in [1.29, 1.82) is 0 Å². The van der Waals surface area contributed by atoms with E-state index in [1.54, 1.807) is 0 Å². The molecule has 0 aliphatic rings. The van der Waals surface area contributed by atoms with Crippen molar-refractivity contribution in [2.75, 3.05) is 11.9 Å². The van der Waals surface area contributed by atoms with E-state index in [9.17, 15) is 13.2 Å². The van der Waals surface area contributed by atoms with Crippen LogP contribution < -0.4 is 56.7 Å². The number of alkyl halides is 3. The first-order valence-electron chi connectivity index (χ1n) is 4.57. The summed E-state index contributed by atoms with van der Waals surface area (Å²) in [7, 11) is 4.95. The van der Waals surface area contributed by atoms with Crippen LogP contribution in [0.25, 0.3) is 5.23 Å². The maximum atomic E-state index is 12.4. The second kappa shape index (κ2) is 9.39. The van der Waals surface area contributed by atoms with E-state index in [1.165, 1.54) is 12.1 Å². The maximum Gasteiger partial charge on any atom is 1.00 e. The summed E-state index contributed by atoms with van der Waals surface area (Å²) in [4.78, 5) is 0. The summed E-state index contributed by atoms with van der Waals surface area (Å²) in [6.07, 6.45) is -4.34. The van der Waals surface area contributed by atoms with Gasteiger partial charge in [-0.15, -0.1) is 14.0 Å². The maximum absolute atomic E-state index is 12.4. The third kappa shape index (κ3) is 7.16. The standard InChI is InChI=1S/C10H10BF3N2.CH3.K/c1-7(6-15-11)16-9-4-2-3-8(5-9)10(12,13)14;;/h2-5,7,16H,1,6H2;1H3;/q-2;-1;+1. The predicted octanol–water partition coefficient (Wildman–Crippen LogP) is 0.231. The van der Waals surface area contributed by atoms with Gasteiger partial charge in [0, 0.05) is 5.69 Å². The van der Waals surface area contributed by atoms with Gasteiger partial charge in [-0.1, -0.05) is 6.07 Å². The molecule has 0 saturated heterocycles. The molecule has 1 aromatic carbocycles. The zero-order chi connectivity index (χ0) is 12.2. The van der Waals surface area contributed by atoms with Crippen LogP contribution in [0.2, 0.25) is 0 Å². The number of benzene rings is 1. The minimum absolute atomic E-state index is 0. The van der Waals surface area contributed by atoms with Crippen LogP contribution in [0.4, 0.5) is 18.9 Å². The fourth-order valence-corrected chi connectivity index (χ4v) is 1.19. The molecule has 18 heavy (non-hydrogen) atoms. The molecular weight excluding hydrogens is 267 g/mol. The molecule has 0 saturated carbocycles. The Labute approximate surface area is 150 Å². The van der Waals surface area contributed by atoms with Crippen LogP contribution in [0.5, 0.6) is 0 Å². The number of anilines is 1. The van der Waals surface area contributed by atoms with E-state index < -0.39 is 11.7 Å². The molecule has 1 atom stereocenters. The number of hydrogen-bond donors (Lipinski definition) is 1. The first kappa shape index (κ1) is 20.8. The van der Waals surface area contributed by atoms with E-state index in [0.717, 1.165) is 12.1 Å². The van der Waals surface area contributed by atoms with Crippen LogP contribution in [-0.2, 0) is 6.18 Å². The number of halogens is 3. The van der Waals surface area contributed by atoms with E-state index in [4.69, 9.17) is 7.98 Å². The van der Waals surface area contributed by atoms with Crippen LogP contribution in [-0.4, -0.2) is 20.6 Å². The normalized spacial score (nSPS) is 12.0. The topological polar surface area (TPSA) is 26.1 Å². The molecular formula is C11H13BF3KN2-2.